The quantitative estimate of drug-likeness (QED) is 0.278. The van der Waals surface area contributed by atoms with Crippen LogP contribution in [-0.2, 0) is 4.79 Å². The van der Waals surface area contributed by atoms with Gasteiger partial charge in [0.15, 0.2) is 0 Å². The van der Waals surface area contributed by atoms with Crippen LogP contribution in [0.15, 0.2) is 0 Å². The number of hydrogen-bond acceptors (Lipinski definition) is 5. The Balaban J connectivity index is -0.0000000105. The molecule has 0 atom stereocenters. The smallest absolute Gasteiger partial charge is 0.776 e. The summed E-state index contributed by atoms with van der Waals surface area (Å²) >= 11 is -0.500. The van der Waals surface area contributed by atoms with Gasteiger partial charge in [-0.1, -0.05) is 0 Å². The Labute approximate surface area is 68.6 Å². The molecule has 7 heavy (non-hydrogen) atoms. The van der Waals surface area contributed by atoms with Crippen LogP contribution in [0.3, 0.4) is 0 Å². The maximum absolute atomic E-state index is 8.40. The van der Waals surface area contributed by atoms with E-state index in [0.29, 0.717) is 0 Å². The summed E-state index contributed by atoms with van der Waals surface area (Å²) in [5, 5.41) is 0. The van der Waals surface area contributed by atoms with E-state index >= 15 is 0 Å². The van der Waals surface area contributed by atoms with Gasteiger partial charge >= 0.3 is 29.6 Å². The zero-order valence-electron chi connectivity index (χ0n) is 4.09. The standard InChI is InChI=1S/CH2O.H3N.Na.H2O2S/c1-2;;;1-3-2/h1H2;1H3;;1-2H/q;;+1;/p-1. The minimum Gasteiger partial charge on any atom is -0.776 e. The Kier molecular flexibility index (Phi) is 235. The number of rotatable bonds is 0. The first-order valence-electron chi connectivity index (χ1n) is 0.638. The second kappa shape index (κ2) is 66.5. The largest absolute Gasteiger partial charge is 1.00 e. The van der Waals surface area contributed by atoms with Gasteiger partial charge in [0, 0.05) is 0 Å². The van der Waals surface area contributed by atoms with Crippen molar-refractivity contribution >= 4 is 19.1 Å². The summed E-state index contributed by atoms with van der Waals surface area (Å²) in [4.78, 5) is 8.00. The Morgan fingerprint density at radius 3 is 1.57 bits per heavy atom. The summed E-state index contributed by atoms with van der Waals surface area (Å²) in [6.07, 6.45) is 0. The Bertz CT molecular complexity index is 18.9. The second-order valence-electron chi connectivity index (χ2n) is 0.0745. The van der Waals surface area contributed by atoms with Crippen LogP contribution in [0.25, 0.3) is 0 Å². The van der Waals surface area contributed by atoms with Gasteiger partial charge in [-0.05, 0) is 0 Å². The van der Waals surface area contributed by atoms with E-state index in [1.165, 1.54) is 0 Å². The Morgan fingerprint density at radius 1 is 1.57 bits per heavy atom. The third-order valence-corrected chi connectivity index (χ3v) is 0. The molecular formula is CH6NNaO3S. The fourth-order valence-electron chi connectivity index (χ4n) is 0. The van der Waals surface area contributed by atoms with Gasteiger partial charge in [0.25, 0.3) is 0 Å². The molecule has 0 aliphatic rings. The van der Waals surface area contributed by atoms with Crippen molar-refractivity contribution in [1.29, 1.82) is 0 Å². The monoisotopic (exact) mass is 135 g/mol. The molecule has 0 saturated carbocycles. The van der Waals surface area contributed by atoms with Gasteiger partial charge in [0.1, 0.15) is 6.79 Å². The number of carbonyl (C=O) groups excluding carboxylic acids is 1. The first-order valence-corrected chi connectivity index (χ1v) is 1.34. The topological polar surface area (TPSA) is 95.4 Å². The predicted molar refractivity (Wildman–Crippen MR) is 23.1 cm³/mol. The zero-order valence-corrected chi connectivity index (χ0v) is 6.90. The van der Waals surface area contributed by atoms with Crippen molar-refractivity contribution in [3.05, 3.63) is 0 Å². The molecule has 40 valence electrons. The molecule has 0 bridgehead atoms. The van der Waals surface area contributed by atoms with Crippen LogP contribution < -0.4 is 35.7 Å². The van der Waals surface area contributed by atoms with Crippen molar-refractivity contribution in [2.75, 3.05) is 0 Å². The molecule has 4 N–H and O–H groups in total. The van der Waals surface area contributed by atoms with Crippen molar-refractivity contribution in [1.82, 2.24) is 6.15 Å². The fourth-order valence-corrected chi connectivity index (χ4v) is 0. The first kappa shape index (κ1) is 24.7. The maximum Gasteiger partial charge on any atom is 1.00 e. The summed E-state index contributed by atoms with van der Waals surface area (Å²) in [6, 6.07) is 0. The third-order valence-electron chi connectivity index (χ3n) is 0. The van der Waals surface area contributed by atoms with E-state index in [-0.39, 0.29) is 35.7 Å². The molecule has 0 aromatic heterocycles. The van der Waals surface area contributed by atoms with Crippen LogP contribution in [-0.4, -0.2) is 15.9 Å². The first-order chi connectivity index (χ1) is 2.41. The molecule has 0 radical (unpaired) electrons. The average molecular weight is 135 g/mol. The van der Waals surface area contributed by atoms with E-state index in [9.17, 15) is 0 Å². The van der Waals surface area contributed by atoms with Crippen molar-refractivity contribution in [3.8, 4) is 0 Å². The molecule has 0 unspecified atom stereocenters. The maximum atomic E-state index is 8.40. The molecule has 0 fully saturated rings. The van der Waals surface area contributed by atoms with E-state index in [0.717, 1.165) is 0 Å². The molecule has 0 rings (SSSR count). The Morgan fingerprint density at radius 2 is 1.57 bits per heavy atom. The van der Waals surface area contributed by atoms with Crippen LogP contribution in [0.4, 0.5) is 0 Å². The number of hydrogen-bond donors (Lipinski definition) is 2. The van der Waals surface area contributed by atoms with E-state index in [2.05, 4.69) is 0 Å². The average Bonchev–Trinajstić information content (AvgIpc) is 1.46. The third kappa shape index (κ3) is 205. The van der Waals surface area contributed by atoms with E-state index in [1.54, 1.807) is 0 Å². The molecule has 0 heterocycles. The Hall–Kier alpha value is 0.900. The van der Waals surface area contributed by atoms with Crippen molar-refractivity contribution in [3.63, 3.8) is 0 Å². The van der Waals surface area contributed by atoms with Gasteiger partial charge in [0.05, 0.1) is 0 Å². The van der Waals surface area contributed by atoms with Crippen LogP contribution in [0.5, 0.6) is 0 Å². The van der Waals surface area contributed by atoms with Crippen LogP contribution >= 0.6 is 12.3 Å². The van der Waals surface area contributed by atoms with Gasteiger partial charge in [-0.25, -0.2) is 0 Å². The molecule has 6 heteroatoms. The molecule has 0 amide bonds. The van der Waals surface area contributed by atoms with Gasteiger partial charge in [-0.2, -0.15) is 0 Å². The molecule has 0 spiro atoms. The molecule has 0 saturated heterocycles. The minimum absolute atomic E-state index is 0. The fraction of sp³-hybridized carbons (Fsp3) is 0. The van der Waals surface area contributed by atoms with Gasteiger partial charge in [0.2, 0.25) is 0 Å². The predicted octanol–water partition coefficient (Wildman–Crippen LogP) is -2.70. The zero-order chi connectivity index (χ0) is 4.71. The van der Waals surface area contributed by atoms with E-state index < -0.39 is 12.3 Å². The minimum atomic E-state index is -0.500. The molecule has 0 aliphatic heterocycles. The van der Waals surface area contributed by atoms with Gasteiger partial charge < -0.3 is 20.1 Å². The van der Waals surface area contributed by atoms with Crippen molar-refractivity contribution in [2.24, 2.45) is 0 Å². The molecule has 4 nitrogen and oxygen atoms in total. The van der Waals surface area contributed by atoms with Crippen molar-refractivity contribution < 1.29 is 43.5 Å². The van der Waals surface area contributed by atoms with E-state index in [4.69, 9.17) is 13.9 Å². The molecule has 0 aromatic rings. The van der Waals surface area contributed by atoms with Gasteiger partial charge in [-0.15, -0.1) is 12.3 Å². The summed E-state index contributed by atoms with van der Waals surface area (Å²) < 4.78 is 15.3. The summed E-state index contributed by atoms with van der Waals surface area (Å²) in [7, 11) is 0. The molecule has 0 aromatic carbocycles. The van der Waals surface area contributed by atoms with Crippen molar-refractivity contribution in [2.45, 2.75) is 0 Å². The normalized spacial score (nSPS) is 3.14. The molecular weight excluding hydrogens is 129 g/mol. The van der Waals surface area contributed by atoms with Gasteiger partial charge in [-0.3, -0.25) is 0 Å². The molecule has 0 aliphatic carbocycles. The SMILES string of the molecule is C=O.N.[Na+].[O-]SO. The summed E-state index contributed by atoms with van der Waals surface area (Å²) in [5.41, 5.74) is 0. The van der Waals surface area contributed by atoms with E-state index in [1.807, 2.05) is 6.79 Å². The second-order valence-corrected chi connectivity index (χ2v) is 0.224. The number of carbonyl (C=O) groups is 1. The van der Waals surface area contributed by atoms with Crippen LogP contribution in [0.2, 0.25) is 0 Å². The summed E-state index contributed by atoms with van der Waals surface area (Å²) in [6.45, 7) is 2.00. The summed E-state index contributed by atoms with van der Waals surface area (Å²) in [5.74, 6) is 0. The van der Waals surface area contributed by atoms with Crippen LogP contribution in [0, 0.1) is 0 Å². The van der Waals surface area contributed by atoms with Crippen LogP contribution in [0.1, 0.15) is 0 Å².